The van der Waals surface area contributed by atoms with Crippen LogP contribution in [-0.4, -0.2) is 44.8 Å². The number of aromatic nitrogens is 4. The molecule has 0 saturated carbocycles. The molecule has 0 unspecified atom stereocenters. The molecule has 1 fully saturated rings. The highest BCUT2D eigenvalue weighted by Crippen LogP contribution is 2.19. The Morgan fingerprint density at radius 1 is 1.15 bits per heavy atom. The van der Waals surface area contributed by atoms with Crippen LogP contribution in [0.25, 0.3) is 11.5 Å². The molecule has 26 heavy (non-hydrogen) atoms. The second-order valence-corrected chi connectivity index (χ2v) is 5.66. The minimum atomic E-state index is -0.408. The summed E-state index contributed by atoms with van der Waals surface area (Å²) in [6.45, 7) is 1.20. The second kappa shape index (κ2) is 6.28. The number of carbonyl (C=O) groups excluding carboxylic acids is 2. The highest BCUT2D eigenvalue weighted by molar-refractivity contribution is 5.98. The van der Waals surface area contributed by atoms with Crippen LogP contribution in [0.4, 0.5) is 16.4 Å². The van der Waals surface area contributed by atoms with Crippen molar-refractivity contribution in [2.45, 2.75) is 0 Å². The molecule has 3 N–H and O–H groups in total. The molecule has 1 saturated heterocycles. The van der Waals surface area contributed by atoms with Crippen molar-refractivity contribution < 1.29 is 9.59 Å². The number of rotatable bonds is 3. The molecule has 0 bridgehead atoms. The summed E-state index contributed by atoms with van der Waals surface area (Å²) in [6.07, 6.45) is 1.61. The lowest BCUT2D eigenvalue weighted by Gasteiger charge is -2.14. The third-order valence-corrected chi connectivity index (χ3v) is 4.00. The van der Waals surface area contributed by atoms with Gasteiger partial charge in [0.25, 0.3) is 5.91 Å². The van der Waals surface area contributed by atoms with Crippen LogP contribution < -0.4 is 16.0 Å². The smallest absolute Gasteiger partial charge is 0.321 e. The summed E-state index contributed by atoms with van der Waals surface area (Å²) < 4.78 is 1.04. The molecule has 0 spiro atoms. The van der Waals surface area contributed by atoms with Crippen molar-refractivity contribution in [1.29, 1.82) is 0 Å². The number of nitrogens with zero attached hydrogens (tertiary/aromatic N) is 5. The van der Waals surface area contributed by atoms with Gasteiger partial charge in [-0.05, 0) is 36.4 Å². The Labute approximate surface area is 148 Å². The molecule has 1 aliphatic rings. The summed E-state index contributed by atoms with van der Waals surface area (Å²) in [7, 11) is 0. The standard InChI is InChI=1S/C17H15N7O2/c18-16-21-14(13-3-1-2-8-19-13)22-24(16)15(25)11-4-6-12(7-5-11)23-10-9-20-17(23)26/h1-8H,9-10H2,(H,20,26)(H2,18,21,22). The van der Waals surface area contributed by atoms with Gasteiger partial charge in [0.2, 0.25) is 11.8 Å². The lowest BCUT2D eigenvalue weighted by molar-refractivity contribution is 0.0948. The van der Waals surface area contributed by atoms with Gasteiger partial charge in [-0.25, -0.2) is 4.79 Å². The van der Waals surface area contributed by atoms with Gasteiger partial charge in [-0.2, -0.15) is 9.67 Å². The van der Waals surface area contributed by atoms with Crippen molar-refractivity contribution in [1.82, 2.24) is 25.1 Å². The first kappa shape index (κ1) is 15.8. The fraction of sp³-hybridized carbons (Fsp3) is 0.118. The highest BCUT2D eigenvalue weighted by Gasteiger charge is 2.22. The van der Waals surface area contributed by atoms with Crippen LogP contribution in [0.3, 0.4) is 0 Å². The highest BCUT2D eigenvalue weighted by atomic mass is 16.2. The van der Waals surface area contributed by atoms with Crippen LogP contribution >= 0.6 is 0 Å². The van der Waals surface area contributed by atoms with Crippen LogP contribution in [0.15, 0.2) is 48.7 Å². The van der Waals surface area contributed by atoms with E-state index < -0.39 is 5.91 Å². The van der Waals surface area contributed by atoms with Crippen molar-refractivity contribution in [3.8, 4) is 11.5 Å². The molecule has 2 aromatic heterocycles. The first-order valence-electron chi connectivity index (χ1n) is 7.97. The fourth-order valence-electron chi connectivity index (χ4n) is 2.70. The molecule has 0 atom stereocenters. The number of pyridine rings is 1. The summed E-state index contributed by atoms with van der Waals surface area (Å²) in [5, 5.41) is 6.89. The number of carbonyl (C=O) groups is 2. The van der Waals surface area contributed by atoms with Gasteiger partial charge in [0.15, 0.2) is 0 Å². The molecule has 0 aliphatic carbocycles. The third-order valence-electron chi connectivity index (χ3n) is 4.00. The second-order valence-electron chi connectivity index (χ2n) is 5.66. The molecule has 130 valence electrons. The Morgan fingerprint density at radius 3 is 2.62 bits per heavy atom. The zero-order chi connectivity index (χ0) is 18.1. The lowest BCUT2D eigenvalue weighted by atomic mass is 10.2. The Bertz CT molecular complexity index is 967. The molecule has 0 radical (unpaired) electrons. The van der Waals surface area contributed by atoms with E-state index >= 15 is 0 Å². The van der Waals surface area contributed by atoms with Crippen molar-refractivity contribution in [2.24, 2.45) is 0 Å². The quantitative estimate of drug-likeness (QED) is 0.732. The first-order valence-corrected chi connectivity index (χ1v) is 7.97. The van der Waals surface area contributed by atoms with E-state index in [0.29, 0.717) is 24.3 Å². The Balaban J connectivity index is 1.60. The summed E-state index contributed by atoms with van der Waals surface area (Å²) in [4.78, 5) is 34.2. The normalized spacial score (nSPS) is 13.7. The van der Waals surface area contributed by atoms with E-state index in [4.69, 9.17) is 5.73 Å². The minimum absolute atomic E-state index is 0.0151. The maximum atomic E-state index is 12.7. The van der Waals surface area contributed by atoms with Gasteiger partial charge in [0, 0.05) is 30.5 Å². The summed E-state index contributed by atoms with van der Waals surface area (Å²) >= 11 is 0. The van der Waals surface area contributed by atoms with E-state index in [1.165, 1.54) is 0 Å². The lowest BCUT2D eigenvalue weighted by Crippen LogP contribution is -2.27. The molecule has 1 aliphatic heterocycles. The monoisotopic (exact) mass is 349 g/mol. The van der Waals surface area contributed by atoms with E-state index in [1.807, 2.05) is 0 Å². The molecule has 9 nitrogen and oxygen atoms in total. The van der Waals surface area contributed by atoms with Crippen LogP contribution in [0.2, 0.25) is 0 Å². The van der Waals surface area contributed by atoms with Gasteiger partial charge in [0.1, 0.15) is 5.69 Å². The molecule has 4 rings (SSSR count). The molecule has 3 aromatic rings. The van der Waals surface area contributed by atoms with Crippen LogP contribution in [0, 0.1) is 0 Å². The number of nitrogen functional groups attached to an aromatic ring is 1. The number of hydrogen-bond acceptors (Lipinski definition) is 6. The predicted octanol–water partition coefficient (Wildman–Crippen LogP) is 1.14. The van der Waals surface area contributed by atoms with Crippen LogP contribution in [0.5, 0.6) is 0 Å². The molecular formula is C17H15N7O2. The number of anilines is 2. The molecule has 2 amide bonds. The number of nitrogens with one attached hydrogen (secondary N) is 1. The van der Waals surface area contributed by atoms with Crippen LogP contribution in [0.1, 0.15) is 10.4 Å². The van der Waals surface area contributed by atoms with Gasteiger partial charge in [-0.3, -0.25) is 14.7 Å². The zero-order valence-corrected chi connectivity index (χ0v) is 13.7. The van der Waals surface area contributed by atoms with E-state index in [-0.39, 0.29) is 17.8 Å². The van der Waals surface area contributed by atoms with E-state index in [9.17, 15) is 9.59 Å². The van der Waals surface area contributed by atoms with Gasteiger partial charge in [-0.15, -0.1) is 5.10 Å². The van der Waals surface area contributed by atoms with E-state index in [1.54, 1.807) is 53.6 Å². The number of nitrogens with two attached hydrogens (primary N) is 1. The van der Waals surface area contributed by atoms with Crippen LogP contribution in [-0.2, 0) is 0 Å². The average molecular weight is 349 g/mol. The number of hydrogen-bond donors (Lipinski definition) is 2. The number of amides is 2. The number of benzene rings is 1. The summed E-state index contributed by atoms with van der Waals surface area (Å²) in [5.74, 6) is -0.143. The van der Waals surface area contributed by atoms with Gasteiger partial charge >= 0.3 is 6.03 Å². The summed E-state index contributed by atoms with van der Waals surface area (Å²) in [6, 6.07) is 11.8. The molecule has 1 aromatic carbocycles. The van der Waals surface area contributed by atoms with E-state index in [0.717, 1.165) is 10.4 Å². The summed E-state index contributed by atoms with van der Waals surface area (Å²) in [5.41, 5.74) is 7.48. The third kappa shape index (κ3) is 2.75. The molecule has 3 heterocycles. The van der Waals surface area contributed by atoms with E-state index in [2.05, 4.69) is 20.4 Å². The maximum Gasteiger partial charge on any atom is 0.321 e. The maximum absolute atomic E-state index is 12.7. The first-order chi connectivity index (χ1) is 12.6. The predicted molar refractivity (Wildman–Crippen MR) is 94.6 cm³/mol. The topological polar surface area (TPSA) is 119 Å². The minimum Gasteiger partial charge on any atom is -0.368 e. The Hall–Kier alpha value is -3.75. The van der Waals surface area contributed by atoms with Gasteiger partial charge in [-0.1, -0.05) is 6.07 Å². The Morgan fingerprint density at radius 2 is 1.96 bits per heavy atom. The Kier molecular flexibility index (Phi) is 3.81. The average Bonchev–Trinajstić information content (AvgIpc) is 3.28. The fourth-order valence-corrected chi connectivity index (χ4v) is 2.70. The van der Waals surface area contributed by atoms with Crippen molar-refractivity contribution in [3.63, 3.8) is 0 Å². The molecule has 9 heteroatoms. The zero-order valence-electron chi connectivity index (χ0n) is 13.7. The van der Waals surface area contributed by atoms with Crippen molar-refractivity contribution in [3.05, 3.63) is 54.2 Å². The van der Waals surface area contributed by atoms with Gasteiger partial charge < -0.3 is 11.1 Å². The van der Waals surface area contributed by atoms with Gasteiger partial charge in [0.05, 0.1) is 0 Å². The van der Waals surface area contributed by atoms with Crippen molar-refractivity contribution >= 4 is 23.6 Å². The number of urea groups is 1. The largest absolute Gasteiger partial charge is 0.368 e. The SMILES string of the molecule is Nc1nc(-c2ccccn2)nn1C(=O)c1ccc(N2CCNC2=O)cc1. The molecular weight excluding hydrogens is 334 g/mol. The van der Waals surface area contributed by atoms with Crippen molar-refractivity contribution in [2.75, 3.05) is 23.7 Å².